The van der Waals surface area contributed by atoms with Crippen LogP contribution >= 0.6 is 0 Å². The predicted octanol–water partition coefficient (Wildman–Crippen LogP) is 1.23. The summed E-state index contributed by atoms with van der Waals surface area (Å²) < 4.78 is 0. The van der Waals surface area contributed by atoms with Gasteiger partial charge >= 0.3 is 0 Å². The molecular formula is C12H22N2O. The summed E-state index contributed by atoms with van der Waals surface area (Å²) in [5.41, 5.74) is 5.45. The molecule has 0 aromatic rings. The summed E-state index contributed by atoms with van der Waals surface area (Å²) in [4.78, 5) is 13.9. The lowest BCUT2D eigenvalue weighted by atomic mass is 10.0. The average molecular weight is 210 g/mol. The first kappa shape index (κ1) is 10.9. The molecule has 2 unspecified atom stereocenters. The van der Waals surface area contributed by atoms with Crippen molar-refractivity contribution in [1.82, 2.24) is 4.90 Å². The molecule has 3 nitrogen and oxygen atoms in total. The average Bonchev–Trinajstić information content (AvgIpc) is 2.99. The molecule has 15 heavy (non-hydrogen) atoms. The van der Waals surface area contributed by atoms with Gasteiger partial charge in [-0.25, -0.2) is 0 Å². The van der Waals surface area contributed by atoms with Gasteiger partial charge in [0.15, 0.2) is 0 Å². The summed E-state index contributed by atoms with van der Waals surface area (Å²) >= 11 is 0. The van der Waals surface area contributed by atoms with Gasteiger partial charge in [-0.2, -0.15) is 0 Å². The van der Waals surface area contributed by atoms with Crippen molar-refractivity contribution in [3.8, 4) is 0 Å². The number of nitrogens with zero attached hydrogens (tertiary/aromatic N) is 1. The Morgan fingerprint density at radius 1 is 1.33 bits per heavy atom. The fourth-order valence-corrected chi connectivity index (χ4v) is 3.05. The lowest BCUT2D eigenvalue weighted by molar-refractivity contribution is -0.131. The zero-order chi connectivity index (χ0) is 10.8. The minimum atomic E-state index is 0.371. The number of carbonyl (C=O) groups excluding carboxylic acids is 1. The molecule has 2 aliphatic carbocycles. The maximum atomic E-state index is 12.1. The molecule has 0 aromatic heterocycles. The van der Waals surface area contributed by atoms with Crippen molar-refractivity contribution in [3.63, 3.8) is 0 Å². The van der Waals surface area contributed by atoms with Crippen LogP contribution in [0.15, 0.2) is 0 Å². The largest absolute Gasteiger partial charge is 0.345 e. The van der Waals surface area contributed by atoms with Crippen LogP contribution in [0.25, 0.3) is 0 Å². The summed E-state index contributed by atoms with van der Waals surface area (Å²) in [6, 6.07) is 0. The zero-order valence-corrected chi connectivity index (χ0v) is 9.61. The van der Waals surface area contributed by atoms with Crippen LogP contribution in [0.1, 0.15) is 32.1 Å². The quantitative estimate of drug-likeness (QED) is 0.758. The number of rotatable bonds is 4. The number of amides is 1. The zero-order valence-electron chi connectivity index (χ0n) is 9.61. The molecule has 86 valence electrons. The van der Waals surface area contributed by atoms with E-state index in [0.29, 0.717) is 18.4 Å². The van der Waals surface area contributed by atoms with Gasteiger partial charge in [0.25, 0.3) is 0 Å². The molecule has 0 bridgehead atoms. The van der Waals surface area contributed by atoms with E-state index in [1.807, 2.05) is 11.9 Å². The SMILES string of the molecule is CN(CCCN)C(=O)C1C2CCCCC21. The van der Waals surface area contributed by atoms with Gasteiger partial charge in [0.2, 0.25) is 5.91 Å². The van der Waals surface area contributed by atoms with Crippen LogP contribution in [0, 0.1) is 17.8 Å². The van der Waals surface area contributed by atoms with E-state index >= 15 is 0 Å². The van der Waals surface area contributed by atoms with Crippen molar-refractivity contribution in [2.75, 3.05) is 20.1 Å². The van der Waals surface area contributed by atoms with E-state index in [0.717, 1.165) is 24.8 Å². The minimum Gasteiger partial charge on any atom is -0.345 e. The molecule has 2 saturated carbocycles. The molecule has 3 heteroatoms. The predicted molar refractivity (Wildman–Crippen MR) is 60.2 cm³/mol. The summed E-state index contributed by atoms with van der Waals surface area (Å²) in [7, 11) is 1.92. The first-order chi connectivity index (χ1) is 7.25. The molecular weight excluding hydrogens is 188 g/mol. The molecule has 2 N–H and O–H groups in total. The number of hydrogen-bond donors (Lipinski definition) is 1. The Balaban J connectivity index is 1.81. The number of nitrogens with two attached hydrogens (primary N) is 1. The summed E-state index contributed by atoms with van der Waals surface area (Å²) in [6.45, 7) is 1.50. The van der Waals surface area contributed by atoms with Gasteiger partial charge in [-0.05, 0) is 37.6 Å². The van der Waals surface area contributed by atoms with Crippen molar-refractivity contribution in [2.24, 2.45) is 23.5 Å². The molecule has 0 aliphatic heterocycles. The van der Waals surface area contributed by atoms with Gasteiger partial charge in [-0.3, -0.25) is 4.79 Å². The second-order valence-corrected chi connectivity index (χ2v) is 5.04. The Kier molecular flexibility index (Phi) is 3.29. The first-order valence-corrected chi connectivity index (χ1v) is 6.20. The Bertz CT molecular complexity index is 230. The van der Waals surface area contributed by atoms with E-state index in [1.54, 1.807) is 0 Å². The fraction of sp³-hybridized carbons (Fsp3) is 0.917. The van der Waals surface area contributed by atoms with Crippen LogP contribution in [-0.4, -0.2) is 30.9 Å². The minimum absolute atomic E-state index is 0.371. The smallest absolute Gasteiger partial charge is 0.226 e. The standard InChI is InChI=1S/C12H22N2O/c1-14(8-4-7-13)12(15)11-9-5-2-3-6-10(9)11/h9-11H,2-8,13H2,1H3. The van der Waals surface area contributed by atoms with E-state index in [4.69, 9.17) is 5.73 Å². The van der Waals surface area contributed by atoms with Crippen LogP contribution in [0.2, 0.25) is 0 Å². The molecule has 0 spiro atoms. The van der Waals surface area contributed by atoms with Gasteiger partial charge in [0.05, 0.1) is 0 Å². The lowest BCUT2D eigenvalue weighted by Crippen LogP contribution is -2.31. The highest BCUT2D eigenvalue weighted by Crippen LogP contribution is 2.55. The summed E-state index contributed by atoms with van der Waals surface area (Å²) in [5, 5.41) is 0. The van der Waals surface area contributed by atoms with Crippen molar-refractivity contribution >= 4 is 5.91 Å². The van der Waals surface area contributed by atoms with Crippen LogP contribution < -0.4 is 5.73 Å². The van der Waals surface area contributed by atoms with Gasteiger partial charge in [0.1, 0.15) is 0 Å². The summed E-state index contributed by atoms with van der Waals surface area (Å²) in [6.07, 6.45) is 6.15. The van der Waals surface area contributed by atoms with E-state index in [9.17, 15) is 4.79 Å². The van der Waals surface area contributed by atoms with Crippen LogP contribution in [0.3, 0.4) is 0 Å². The van der Waals surface area contributed by atoms with Gasteiger partial charge in [-0.15, -0.1) is 0 Å². The molecule has 0 saturated heterocycles. The van der Waals surface area contributed by atoms with Crippen LogP contribution in [-0.2, 0) is 4.79 Å². The number of fused-ring (bicyclic) bond motifs is 1. The third kappa shape index (κ3) is 2.17. The molecule has 0 radical (unpaired) electrons. The third-order valence-electron chi connectivity index (χ3n) is 4.02. The van der Waals surface area contributed by atoms with Gasteiger partial charge in [-0.1, -0.05) is 12.8 Å². The maximum absolute atomic E-state index is 12.1. The van der Waals surface area contributed by atoms with E-state index in [-0.39, 0.29) is 0 Å². The van der Waals surface area contributed by atoms with Crippen LogP contribution in [0.4, 0.5) is 0 Å². The lowest BCUT2D eigenvalue weighted by Gasteiger charge is -2.16. The van der Waals surface area contributed by atoms with Crippen molar-refractivity contribution < 1.29 is 4.79 Å². The van der Waals surface area contributed by atoms with Crippen molar-refractivity contribution in [2.45, 2.75) is 32.1 Å². The Morgan fingerprint density at radius 2 is 1.93 bits per heavy atom. The topological polar surface area (TPSA) is 46.3 Å². The Labute approximate surface area is 92.0 Å². The van der Waals surface area contributed by atoms with E-state index in [1.165, 1.54) is 25.7 Å². The maximum Gasteiger partial charge on any atom is 0.226 e. The van der Waals surface area contributed by atoms with Crippen LogP contribution in [0.5, 0.6) is 0 Å². The third-order valence-corrected chi connectivity index (χ3v) is 4.02. The Hall–Kier alpha value is -0.570. The molecule has 2 fully saturated rings. The second kappa shape index (κ2) is 4.52. The molecule has 2 atom stereocenters. The molecule has 0 aromatic carbocycles. The highest BCUT2D eigenvalue weighted by atomic mass is 16.2. The normalized spacial score (nSPS) is 33.3. The monoisotopic (exact) mass is 210 g/mol. The highest BCUT2D eigenvalue weighted by molar-refractivity contribution is 5.82. The van der Waals surface area contributed by atoms with E-state index in [2.05, 4.69) is 0 Å². The van der Waals surface area contributed by atoms with Gasteiger partial charge in [0, 0.05) is 19.5 Å². The second-order valence-electron chi connectivity index (χ2n) is 5.04. The van der Waals surface area contributed by atoms with E-state index < -0.39 is 0 Å². The fourth-order valence-electron chi connectivity index (χ4n) is 3.05. The first-order valence-electron chi connectivity index (χ1n) is 6.20. The molecule has 2 rings (SSSR count). The van der Waals surface area contributed by atoms with Crippen molar-refractivity contribution in [1.29, 1.82) is 0 Å². The summed E-state index contributed by atoms with van der Waals surface area (Å²) in [5.74, 6) is 2.20. The molecule has 2 aliphatic rings. The van der Waals surface area contributed by atoms with Gasteiger partial charge < -0.3 is 10.6 Å². The number of hydrogen-bond acceptors (Lipinski definition) is 2. The number of carbonyl (C=O) groups is 1. The Morgan fingerprint density at radius 3 is 2.47 bits per heavy atom. The highest BCUT2D eigenvalue weighted by Gasteiger charge is 2.55. The molecule has 0 heterocycles. The van der Waals surface area contributed by atoms with Crippen molar-refractivity contribution in [3.05, 3.63) is 0 Å². The molecule has 1 amide bonds.